The van der Waals surface area contributed by atoms with E-state index in [4.69, 9.17) is 10.5 Å². The number of nitrogen functional groups attached to an aromatic ring is 1. The number of carbonyl (C=O) groups is 1. The van der Waals surface area contributed by atoms with Crippen LogP contribution in [-0.2, 0) is 13.5 Å². The molecule has 0 atom stereocenters. The van der Waals surface area contributed by atoms with Gasteiger partial charge < -0.3 is 25.3 Å². The lowest BCUT2D eigenvalue weighted by molar-refractivity contribution is 0.0955. The molecule has 1 amide bonds. The van der Waals surface area contributed by atoms with Gasteiger partial charge in [-0.15, -0.1) is 11.3 Å². The Labute approximate surface area is 276 Å². The van der Waals surface area contributed by atoms with E-state index in [0.717, 1.165) is 57.2 Å². The highest BCUT2D eigenvalue weighted by molar-refractivity contribution is 7.18. The molecule has 0 aliphatic carbocycles. The summed E-state index contributed by atoms with van der Waals surface area (Å²) in [7, 11) is 3.49. The first-order valence-electron chi connectivity index (χ1n) is 15.4. The molecule has 0 saturated carbocycles. The molecule has 4 heterocycles. The van der Waals surface area contributed by atoms with Crippen LogP contribution in [0.2, 0.25) is 0 Å². The van der Waals surface area contributed by atoms with Gasteiger partial charge in [0, 0.05) is 69.0 Å². The fourth-order valence-electron chi connectivity index (χ4n) is 6.01. The van der Waals surface area contributed by atoms with E-state index >= 15 is 0 Å². The number of para-hydroxylation sites is 2. The summed E-state index contributed by atoms with van der Waals surface area (Å²) >= 11 is 1.64. The molecule has 3 aromatic carbocycles. The van der Waals surface area contributed by atoms with Gasteiger partial charge in [-0.2, -0.15) is 0 Å². The summed E-state index contributed by atoms with van der Waals surface area (Å²) in [5.74, 6) is 0.816. The molecule has 236 valence electrons. The number of carbonyl (C=O) groups excluding carboxylic acids is 1. The Bertz CT molecular complexity index is 2260. The van der Waals surface area contributed by atoms with E-state index in [0.29, 0.717) is 22.9 Å². The minimum absolute atomic E-state index is 0.248. The maximum Gasteiger partial charge on any atom is 0.286 e. The van der Waals surface area contributed by atoms with Crippen molar-refractivity contribution in [3.63, 3.8) is 0 Å². The van der Waals surface area contributed by atoms with Gasteiger partial charge >= 0.3 is 0 Å². The summed E-state index contributed by atoms with van der Waals surface area (Å²) in [6.45, 7) is 1.62. The van der Waals surface area contributed by atoms with Crippen molar-refractivity contribution in [3.05, 3.63) is 113 Å². The summed E-state index contributed by atoms with van der Waals surface area (Å²) in [4.78, 5) is 20.9. The van der Waals surface area contributed by atoms with Gasteiger partial charge in [-0.1, -0.05) is 54.6 Å². The average molecular weight is 642 g/mol. The third-order valence-electron chi connectivity index (χ3n) is 8.47. The number of nitrogens with two attached hydrogens (primary N) is 1. The number of ether oxygens (including phenoxy) is 1. The number of amides is 1. The largest absolute Gasteiger partial charge is 0.494 e. The number of nitrogens with zero attached hydrogens (tertiary/aromatic N) is 2. The lowest BCUT2D eigenvalue weighted by atomic mass is 10.0. The fraction of sp³-hybridized carbons (Fsp3) is 0.135. The van der Waals surface area contributed by atoms with E-state index in [2.05, 4.69) is 68.1 Å². The van der Waals surface area contributed by atoms with Gasteiger partial charge in [0.25, 0.3) is 5.91 Å². The van der Waals surface area contributed by atoms with Gasteiger partial charge in [0.2, 0.25) is 0 Å². The summed E-state index contributed by atoms with van der Waals surface area (Å²) in [6.07, 6.45) is 9.09. The zero-order chi connectivity index (χ0) is 32.3. The zero-order valence-corrected chi connectivity index (χ0v) is 26.9. The van der Waals surface area contributed by atoms with Gasteiger partial charge in [0.1, 0.15) is 17.3 Å². The Morgan fingerprint density at radius 2 is 1.96 bits per heavy atom. The molecule has 7 aromatic rings. The molecule has 0 bridgehead atoms. The lowest BCUT2D eigenvalue weighted by Crippen LogP contribution is -2.30. The average Bonchev–Trinajstić information content (AvgIpc) is 3.82. The molecule has 0 saturated heterocycles. The highest BCUT2D eigenvalue weighted by Crippen LogP contribution is 2.41. The monoisotopic (exact) mass is 641 g/mol. The number of nitrogens with one attached hydrogen (secondary N) is 4. The number of anilines is 2. The SMILES string of the molecule is COc1cc(-c2csc3c(/C=C/CNCCc4c[nH]c5ccccc45)cnc(N)c23)ccc1NNC(=O)c1cc2ccccc2n1C. The first-order chi connectivity index (χ1) is 23.0. The molecule has 7 rings (SSSR count). The van der Waals surface area contributed by atoms with E-state index in [1.165, 1.54) is 16.5 Å². The van der Waals surface area contributed by atoms with Crippen molar-refractivity contribution < 1.29 is 9.53 Å². The molecule has 9 nitrogen and oxygen atoms in total. The number of methoxy groups -OCH3 is 1. The molecule has 4 aromatic heterocycles. The normalized spacial score (nSPS) is 11.6. The van der Waals surface area contributed by atoms with E-state index in [-0.39, 0.29) is 5.91 Å². The Morgan fingerprint density at radius 3 is 2.83 bits per heavy atom. The first kappa shape index (κ1) is 30.1. The summed E-state index contributed by atoms with van der Waals surface area (Å²) < 4.78 is 8.66. The highest BCUT2D eigenvalue weighted by atomic mass is 32.1. The van der Waals surface area contributed by atoms with E-state index in [1.807, 2.05) is 72.4 Å². The number of aryl methyl sites for hydroxylation is 1. The number of thiophene rings is 1. The Kier molecular flexibility index (Phi) is 8.35. The van der Waals surface area contributed by atoms with Gasteiger partial charge in [0.15, 0.2) is 0 Å². The summed E-state index contributed by atoms with van der Waals surface area (Å²) in [5.41, 5.74) is 19.9. The number of hydrogen-bond acceptors (Lipinski definition) is 7. The summed E-state index contributed by atoms with van der Waals surface area (Å²) in [5, 5.41) is 8.81. The molecule has 0 spiro atoms. The smallest absolute Gasteiger partial charge is 0.286 e. The van der Waals surface area contributed by atoms with Crippen LogP contribution < -0.4 is 26.6 Å². The molecule has 6 N–H and O–H groups in total. The van der Waals surface area contributed by atoms with E-state index in [1.54, 1.807) is 18.4 Å². The van der Waals surface area contributed by atoms with Crippen LogP contribution in [0.5, 0.6) is 5.75 Å². The topological polar surface area (TPSA) is 122 Å². The van der Waals surface area contributed by atoms with Crippen LogP contribution >= 0.6 is 11.3 Å². The standard InChI is InChI=1S/C37H35N7O2S/c1-44-31-12-6-3-8-24(31)18-32(44)37(45)43-42-30-14-13-23(19-33(30)46-2)28-22-47-35-26(21-41-36(38)34(28)35)9-7-16-39-17-15-25-20-40-29-11-5-4-10-27(25)29/h3-14,18-22,39-40,42H,15-17H2,1-2H3,(H2,38,41)(H,43,45)/b9-7+. The zero-order valence-electron chi connectivity index (χ0n) is 26.1. The third kappa shape index (κ3) is 5.92. The number of H-pyrrole nitrogens is 1. The van der Waals surface area contributed by atoms with Crippen LogP contribution in [0.3, 0.4) is 0 Å². The van der Waals surface area contributed by atoms with Gasteiger partial charge in [-0.05, 0) is 59.8 Å². The quantitative estimate of drug-likeness (QED) is 0.0757. The molecular weight excluding hydrogens is 607 g/mol. The molecular formula is C37H35N7O2S. The van der Waals surface area contributed by atoms with Crippen LogP contribution in [0.1, 0.15) is 21.6 Å². The van der Waals surface area contributed by atoms with Gasteiger partial charge in [-0.25, -0.2) is 4.98 Å². The highest BCUT2D eigenvalue weighted by Gasteiger charge is 2.17. The molecule has 0 radical (unpaired) electrons. The number of pyridine rings is 1. The predicted octanol–water partition coefficient (Wildman–Crippen LogP) is 7.13. The van der Waals surface area contributed by atoms with E-state index < -0.39 is 0 Å². The van der Waals surface area contributed by atoms with Crippen LogP contribution in [0.25, 0.3) is 49.1 Å². The molecule has 0 unspecified atom stereocenters. The van der Waals surface area contributed by atoms with Crippen molar-refractivity contribution in [2.24, 2.45) is 7.05 Å². The van der Waals surface area contributed by atoms with Crippen molar-refractivity contribution in [2.45, 2.75) is 6.42 Å². The van der Waals surface area contributed by atoms with Crippen LogP contribution in [0, 0.1) is 0 Å². The Morgan fingerprint density at radius 1 is 1.11 bits per heavy atom. The van der Waals surface area contributed by atoms with Gasteiger partial charge in [-0.3, -0.25) is 15.6 Å². The summed E-state index contributed by atoms with van der Waals surface area (Å²) in [6, 6.07) is 24.0. The minimum atomic E-state index is -0.248. The van der Waals surface area contributed by atoms with Crippen molar-refractivity contribution >= 4 is 66.7 Å². The minimum Gasteiger partial charge on any atom is -0.494 e. The van der Waals surface area contributed by atoms with Crippen molar-refractivity contribution in [1.29, 1.82) is 0 Å². The van der Waals surface area contributed by atoms with Crippen LogP contribution in [0.4, 0.5) is 11.5 Å². The molecule has 0 aliphatic rings. The molecule has 0 fully saturated rings. The second kappa shape index (κ2) is 13.0. The van der Waals surface area contributed by atoms with Crippen molar-refractivity contribution in [2.75, 3.05) is 31.4 Å². The number of aromatic amines is 1. The first-order valence-corrected chi connectivity index (χ1v) is 16.3. The Hall–Kier alpha value is -5.58. The third-order valence-corrected chi connectivity index (χ3v) is 9.49. The number of hydrazine groups is 1. The molecule has 0 aliphatic heterocycles. The number of rotatable bonds is 11. The Balaban J connectivity index is 1.03. The maximum atomic E-state index is 13.0. The lowest BCUT2D eigenvalue weighted by Gasteiger charge is -2.14. The maximum absolute atomic E-state index is 13.0. The van der Waals surface area contributed by atoms with Crippen molar-refractivity contribution in [1.82, 2.24) is 25.3 Å². The van der Waals surface area contributed by atoms with E-state index in [9.17, 15) is 4.79 Å². The second-order valence-corrected chi connectivity index (χ2v) is 12.2. The number of aromatic nitrogens is 3. The number of fused-ring (bicyclic) bond motifs is 3. The van der Waals surface area contributed by atoms with Crippen LogP contribution in [-0.4, -0.2) is 40.6 Å². The predicted molar refractivity (Wildman–Crippen MR) is 194 cm³/mol. The number of benzene rings is 3. The second-order valence-electron chi connectivity index (χ2n) is 11.3. The van der Waals surface area contributed by atoms with Crippen LogP contribution in [0.15, 0.2) is 96.6 Å². The number of hydrogen-bond donors (Lipinski definition) is 5. The van der Waals surface area contributed by atoms with Crippen molar-refractivity contribution in [3.8, 4) is 16.9 Å². The van der Waals surface area contributed by atoms with Gasteiger partial charge in [0.05, 0.1) is 12.8 Å². The fourth-order valence-corrected chi connectivity index (χ4v) is 7.09. The molecule has 47 heavy (non-hydrogen) atoms. The molecule has 10 heteroatoms.